The van der Waals surface area contributed by atoms with Crippen molar-refractivity contribution < 1.29 is 17.6 Å². The third-order valence-corrected chi connectivity index (χ3v) is 6.21. The molecular weight excluding hydrogens is 474 g/mol. The van der Waals surface area contributed by atoms with Gasteiger partial charge < -0.3 is 10.2 Å². The highest BCUT2D eigenvalue weighted by Crippen LogP contribution is 2.38. The van der Waals surface area contributed by atoms with E-state index in [9.17, 15) is 13.2 Å². The van der Waals surface area contributed by atoms with Crippen LogP contribution in [0.15, 0.2) is 67.5 Å². The van der Waals surface area contributed by atoms with Gasteiger partial charge >= 0.3 is 6.18 Å². The van der Waals surface area contributed by atoms with Crippen molar-refractivity contribution in [3.05, 3.63) is 95.6 Å². The van der Waals surface area contributed by atoms with Gasteiger partial charge in [0, 0.05) is 13.1 Å². The molecule has 3 heterocycles. The van der Waals surface area contributed by atoms with Gasteiger partial charge in [0.2, 0.25) is 5.82 Å². The Balaban J connectivity index is 1.28. The van der Waals surface area contributed by atoms with Crippen LogP contribution in [0.4, 0.5) is 29.2 Å². The molecule has 1 atom stereocenters. The summed E-state index contributed by atoms with van der Waals surface area (Å²) in [6.07, 6.45) is 1.50. The Morgan fingerprint density at radius 2 is 1.69 bits per heavy atom. The Bertz CT molecular complexity index is 1290. The second-order valence-corrected chi connectivity index (χ2v) is 8.59. The van der Waals surface area contributed by atoms with E-state index < -0.39 is 17.6 Å². The molecule has 2 aromatic heterocycles. The molecule has 7 nitrogen and oxygen atoms in total. The molecule has 0 spiro atoms. The lowest BCUT2D eigenvalue weighted by molar-refractivity contribution is -0.137. The predicted molar refractivity (Wildman–Crippen MR) is 126 cm³/mol. The molecule has 1 fully saturated rings. The minimum Gasteiger partial charge on any atom is -0.363 e. The Morgan fingerprint density at radius 3 is 2.39 bits per heavy atom. The van der Waals surface area contributed by atoms with E-state index in [1.807, 2.05) is 24.3 Å². The van der Waals surface area contributed by atoms with Gasteiger partial charge in [-0.25, -0.2) is 19.6 Å². The van der Waals surface area contributed by atoms with Gasteiger partial charge in [-0.3, -0.25) is 0 Å². The van der Waals surface area contributed by atoms with E-state index in [-0.39, 0.29) is 17.7 Å². The van der Waals surface area contributed by atoms with Crippen LogP contribution in [-0.2, 0) is 19.3 Å². The molecule has 0 amide bonds. The summed E-state index contributed by atoms with van der Waals surface area (Å²) in [5, 5.41) is 7.12. The molecule has 2 aromatic carbocycles. The van der Waals surface area contributed by atoms with Crippen molar-refractivity contribution in [3.63, 3.8) is 0 Å². The summed E-state index contributed by atoms with van der Waals surface area (Å²) in [6, 6.07) is 12.6. The fourth-order valence-electron chi connectivity index (χ4n) is 4.39. The lowest BCUT2D eigenvalue weighted by atomic mass is 10.0. The normalized spacial score (nSPS) is 15.9. The standard InChI is InChI=1S/C25H23F4N7/c26-22-23(31-12-17-3-5-18(6-4-17)13-35-16-30-14-34-35)32-15-33-24(22)36-11-1-2-21(36)19-7-9-20(10-8-19)25(27,28)29/h3-10,14-16,21H,1-2,11-13H2,(H,31,32,33). The predicted octanol–water partition coefficient (Wildman–Crippen LogP) is 5.23. The molecule has 0 saturated carbocycles. The maximum absolute atomic E-state index is 15.4. The van der Waals surface area contributed by atoms with Crippen molar-refractivity contribution in [1.29, 1.82) is 0 Å². The lowest BCUT2D eigenvalue weighted by Gasteiger charge is -2.27. The highest BCUT2D eigenvalue weighted by Gasteiger charge is 2.33. The molecule has 1 aliphatic rings. The second kappa shape index (κ2) is 9.92. The molecule has 1 unspecified atom stereocenters. The fourth-order valence-corrected chi connectivity index (χ4v) is 4.39. The van der Waals surface area contributed by atoms with E-state index in [0.29, 0.717) is 31.6 Å². The maximum atomic E-state index is 15.4. The minimum atomic E-state index is -4.40. The van der Waals surface area contributed by atoms with Gasteiger partial charge in [0.25, 0.3) is 0 Å². The van der Waals surface area contributed by atoms with Gasteiger partial charge in [-0.1, -0.05) is 36.4 Å². The highest BCUT2D eigenvalue weighted by atomic mass is 19.4. The summed E-state index contributed by atoms with van der Waals surface area (Å²) in [5.74, 6) is -0.373. The van der Waals surface area contributed by atoms with Crippen LogP contribution in [0.1, 0.15) is 41.1 Å². The zero-order valence-electron chi connectivity index (χ0n) is 19.2. The number of aromatic nitrogens is 5. The Hall–Kier alpha value is -4.02. The third-order valence-electron chi connectivity index (χ3n) is 6.21. The van der Waals surface area contributed by atoms with E-state index >= 15 is 4.39 Å². The molecule has 1 N–H and O–H groups in total. The molecule has 1 aliphatic heterocycles. The number of hydrogen-bond donors (Lipinski definition) is 1. The highest BCUT2D eigenvalue weighted by molar-refractivity contribution is 5.53. The minimum absolute atomic E-state index is 0.0739. The van der Waals surface area contributed by atoms with E-state index in [1.165, 1.54) is 24.8 Å². The molecule has 186 valence electrons. The van der Waals surface area contributed by atoms with Gasteiger partial charge in [-0.05, 0) is 41.7 Å². The van der Waals surface area contributed by atoms with Crippen LogP contribution in [0.25, 0.3) is 0 Å². The van der Waals surface area contributed by atoms with Gasteiger partial charge in [-0.2, -0.15) is 22.7 Å². The van der Waals surface area contributed by atoms with E-state index in [2.05, 4.69) is 25.4 Å². The van der Waals surface area contributed by atoms with Crippen molar-refractivity contribution in [3.8, 4) is 0 Å². The van der Waals surface area contributed by atoms with Crippen LogP contribution in [-0.4, -0.2) is 31.3 Å². The first-order valence-electron chi connectivity index (χ1n) is 11.5. The van der Waals surface area contributed by atoms with E-state index in [1.54, 1.807) is 15.9 Å². The second-order valence-electron chi connectivity index (χ2n) is 8.59. The molecule has 0 aliphatic carbocycles. The van der Waals surface area contributed by atoms with Crippen LogP contribution >= 0.6 is 0 Å². The summed E-state index contributed by atoms with van der Waals surface area (Å²) < 4.78 is 56.0. The van der Waals surface area contributed by atoms with Crippen molar-refractivity contribution in [2.24, 2.45) is 0 Å². The first-order valence-corrected chi connectivity index (χ1v) is 11.5. The van der Waals surface area contributed by atoms with Crippen LogP contribution < -0.4 is 10.2 Å². The number of anilines is 2. The number of nitrogens with zero attached hydrogens (tertiary/aromatic N) is 6. The van der Waals surface area contributed by atoms with Crippen molar-refractivity contribution in [2.75, 3.05) is 16.8 Å². The lowest BCUT2D eigenvalue weighted by Crippen LogP contribution is -2.25. The van der Waals surface area contributed by atoms with Gasteiger partial charge in [0.15, 0.2) is 11.6 Å². The average molecular weight is 498 g/mol. The van der Waals surface area contributed by atoms with E-state index in [4.69, 9.17) is 0 Å². The van der Waals surface area contributed by atoms with E-state index in [0.717, 1.165) is 29.7 Å². The number of hydrogen-bond acceptors (Lipinski definition) is 6. The first kappa shape index (κ1) is 23.7. The topological polar surface area (TPSA) is 71.8 Å². The quantitative estimate of drug-likeness (QED) is 0.353. The van der Waals surface area contributed by atoms with Gasteiger partial charge in [0.05, 0.1) is 18.2 Å². The Labute approximate surface area is 204 Å². The molecule has 0 bridgehead atoms. The number of halogens is 4. The molecule has 36 heavy (non-hydrogen) atoms. The maximum Gasteiger partial charge on any atom is 0.416 e. The molecule has 0 radical (unpaired) electrons. The van der Waals surface area contributed by atoms with Crippen LogP contribution in [0.5, 0.6) is 0 Å². The molecule has 5 rings (SSSR count). The smallest absolute Gasteiger partial charge is 0.363 e. The molecular formula is C25H23F4N7. The number of benzene rings is 2. The Kier molecular flexibility index (Phi) is 6.53. The monoisotopic (exact) mass is 497 g/mol. The van der Waals surface area contributed by atoms with Gasteiger partial charge in [0.1, 0.15) is 19.0 Å². The zero-order valence-corrected chi connectivity index (χ0v) is 19.2. The molecule has 11 heteroatoms. The summed E-state index contributed by atoms with van der Waals surface area (Å²) in [7, 11) is 0. The third kappa shape index (κ3) is 5.14. The van der Waals surface area contributed by atoms with Crippen LogP contribution in [0, 0.1) is 5.82 Å². The number of rotatable bonds is 7. The van der Waals surface area contributed by atoms with Gasteiger partial charge in [-0.15, -0.1) is 0 Å². The Morgan fingerprint density at radius 1 is 0.944 bits per heavy atom. The average Bonchev–Trinajstić information content (AvgIpc) is 3.56. The van der Waals surface area contributed by atoms with Crippen molar-refractivity contribution in [1.82, 2.24) is 24.7 Å². The largest absolute Gasteiger partial charge is 0.416 e. The summed E-state index contributed by atoms with van der Waals surface area (Å²) in [4.78, 5) is 13.9. The first-order chi connectivity index (χ1) is 17.4. The van der Waals surface area contributed by atoms with Crippen molar-refractivity contribution >= 4 is 11.6 Å². The molecule has 1 saturated heterocycles. The molecule has 4 aromatic rings. The zero-order chi connectivity index (χ0) is 25.1. The fraction of sp³-hybridized carbons (Fsp3) is 0.280. The van der Waals surface area contributed by atoms with Crippen LogP contribution in [0.2, 0.25) is 0 Å². The number of alkyl halides is 3. The SMILES string of the molecule is Fc1c(NCc2ccc(Cn3cncn3)cc2)ncnc1N1CCCC1c1ccc(C(F)(F)F)cc1. The number of nitrogens with one attached hydrogen (secondary N) is 1. The summed E-state index contributed by atoms with van der Waals surface area (Å²) in [5.41, 5.74) is 1.99. The van der Waals surface area contributed by atoms with Crippen LogP contribution in [0.3, 0.4) is 0 Å². The summed E-state index contributed by atoms with van der Waals surface area (Å²) in [6.45, 7) is 1.51. The summed E-state index contributed by atoms with van der Waals surface area (Å²) >= 11 is 0. The van der Waals surface area contributed by atoms with Crippen molar-refractivity contribution in [2.45, 2.75) is 38.1 Å².